The van der Waals surface area contributed by atoms with Crippen LogP contribution in [0.4, 0.5) is 0 Å². The molecule has 2 rings (SSSR count). The molecule has 0 atom stereocenters. The third-order valence-electron chi connectivity index (χ3n) is 3.49. The fraction of sp³-hybridized carbons (Fsp3) is 1.00. The summed E-state index contributed by atoms with van der Waals surface area (Å²) in [7, 11) is 0. The average molecular weight is 451 g/mol. The first kappa shape index (κ1) is 22.1. The smallest absolute Gasteiger partial charge is 0.247 e. The first-order valence-corrected chi connectivity index (χ1v) is 16.6. The molecule has 142 valence electrons. The molecule has 4 nitrogen and oxygen atoms in total. The summed E-state index contributed by atoms with van der Waals surface area (Å²) in [6.07, 6.45) is 2.15. The van der Waals surface area contributed by atoms with Gasteiger partial charge in [-0.3, -0.25) is 0 Å². The molecule has 2 fully saturated rings. The molecule has 0 unspecified atom stereocenters. The fourth-order valence-corrected chi connectivity index (χ4v) is 11.1. The number of hydrogen-bond acceptors (Lipinski definition) is 8. The van der Waals surface area contributed by atoms with Gasteiger partial charge in [0, 0.05) is 22.3 Å². The monoisotopic (exact) mass is 450 g/mol. The van der Waals surface area contributed by atoms with Crippen LogP contribution in [0.1, 0.15) is 40.5 Å². The van der Waals surface area contributed by atoms with Gasteiger partial charge in [0.05, 0.1) is 26.4 Å². The lowest BCUT2D eigenvalue weighted by atomic mass is 9.97. The van der Waals surface area contributed by atoms with Crippen molar-refractivity contribution in [2.24, 2.45) is 10.8 Å². The van der Waals surface area contributed by atoms with Gasteiger partial charge in [0.15, 0.2) is 0 Å². The van der Waals surface area contributed by atoms with Gasteiger partial charge in [-0.1, -0.05) is 50.5 Å². The summed E-state index contributed by atoms with van der Waals surface area (Å²) < 4.78 is 23.3. The van der Waals surface area contributed by atoms with E-state index in [1.807, 2.05) is 0 Å². The lowest BCUT2D eigenvalue weighted by molar-refractivity contribution is 0.0671. The van der Waals surface area contributed by atoms with E-state index in [4.69, 9.17) is 41.7 Å². The van der Waals surface area contributed by atoms with Crippen molar-refractivity contribution < 1.29 is 18.1 Å². The number of rotatable bonds is 7. The first-order valence-electron chi connectivity index (χ1n) is 8.11. The molecule has 0 aromatic rings. The summed E-state index contributed by atoms with van der Waals surface area (Å²) in [5.74, 6) is 1.94. The van der Waals surface area contributed by atoms with Crippen molar-refractivity contribution in [1.82, 2.24) is 0 Å². The molecule has 2 heterocycles. The van der Waals surface area contributed by atoms with E-state index in [9.17, 15) is 0 Å². The topological polar surface area (TPSA) is 36.9 Å². The minimum atomic E-state index is -2.12. The maximum Gasteiger partial charge on any atom is 0.247 e. The van der Waals surface area contributed by atoms with Gasteiger partial charge in [-0.05, 0) is 36.5 Å². The first-order chi connectivity index (χ1) is 11.0. The Hall–Kier alpha value is 1.84. The van der Waals surface area contributed by atoms with Crippen molar-refractivity contribution in [2.45, 2.75) is 40.5 Å². The zero-order chi connectivity index (χ0) is 17.9. The standard InChI is InChI=1S/C14H28O4P2S4/c1-13(2)9-15-19(21,16-10-13)23-7-5-6-8-24-20(22)17-11-14(3,4)12-18-20/h5-12H2,1-4H3. The van der Waals surface area contributed by atoms with Crippen LogP contribution in [-0.2, 0) is 41.7 Å². The Kier molecular flexibility index (Phi) is 8.20. The Morgan fingerprint density at radius 1 is 0.708 bits per heavy atom. The molecular formula is C14H28O4P2S4. The maximum absolute atomic E-state index is 5.83. The van der Waals surface area contributed by atoms with E-state index in [-0.39, 0.29) is 10.8 Å². The SMILES string of the molecule is CC1(C)COP(=S)(SCCCCSP2(=S)OCC(C)(C)CO2)OC1. The normalized spacial score (nSPS) is 27.7. The summed E-state index contributed by atoms with van der Waals surface area (Å²) in [6.45, 7) is 11.3. The number of unbranched alkanes of at least 4 members (excludes halogenated alkanes) is 1. The van der Waals surface area contributed by atoms with Crippen LogP contribution in [0.3, 0.4) is 0 Å². The predicted molar refractivity (Wildman–Crippen MR) is 114 cm³/mol. The van der Waals surface area contributed by atoms with E-state index in [1.54, 1.807) is 22.8 Å². The van der Waals surface area contributed by atoms with Gasteiger partial charge in [0.25, 0.3) is 0 Å². The third kappa shape index (κ3) is 7.46. The maximum atomic E-state index is 5.83. The van der Waals surface area contributed by atoms with Crippen LogP contribution in [0, 0.1) is 10.8 Å². The zero-order valence-electron chi connectivity index (χ0n) is 14.8. The Morgan fingerprint density at radius 2 is 1.00 bits per heavy atom. The molecule has 0 aromatic carbocycles. The van der Waals surface area contributed by atoms with Crippen LogP contribution in [0.25, 0.3) is 0 Å². The Labute approximate surface area is 164 Å². The van der Waals surface area contributed by atoms with Crippen molar-refractivity contribution in [1.29, 1.82) is 0 Å². The van der Waals surface area contributed by atoms with Crippen LogP contribution in [0.2, 0.25) is 0 Å². The van der Waals surface area contributed by atoms with Gasteiger partial charge in [-0.15, -0.1) is 0 Å². The van der Waals surface area contributed by atoms with Crippen LogP contribution in [-0.4, -0.2) is 37.9 Å². The summed E-state index contributed by atoms with van der Waals surface area (Å²) in [6, 6.07) is 0. The van der Waals surface area contributed by atoms with E-state index in [1.165, 1.54) is 0 Å². The van der Waals surface area contributed by atoms with Crippen molar-refractivity contribution in [2.75, 3.05) is 37.9 Å². The summed E-state index contributed by atoms with van der Waals surface area (Å²) in [5.41, 5.74) is -4.07. The van der Waals surface area contributed by atoms with E-state index >= 15 is 0 Å². The average Bonchev–Trinajstić information content (AvgIpc) is 2.50. The van der Waals surface area contributed by atoms with Gasteiger partial charge in [-0.25, -0.2) is 0 Å². The molecule has 24 heavy (non-hydrogen) atoms. The van der Waals surface area contributed by atoms with Crippen molar-refractivity contribution in [3.63, 3.8) is 0 Å². The lowest BCUT2D eigenvalue weighted by Gasteiger charge is -2.36. The van der Waals surface area contributed by atoms with Crippen molar-refractivity contribution in [3.05, 3.63) is 0 Å². The second-order valence-corrected chi connectivity index (χ2v) is 20.5. The highest BCUT2D eigenvalue weighted by atomic mass is 32.9. The van der Waals surface area contributed by atoms with Gasteiger partial charge in [0.2, 0.25) is 11.4 Å². The van der Waals surface area contributed by atoms with Gasteiger partial charge in [-0.2, -0.15) is 0 Å². The van der Waals surface area contributed by atoms with Crippen LogP contribution >= 0.6 is 34.2 Å². The van der Waals surface area contributed by atoms with Gasteiger partial charge < -0.3 is 18.1 Å². The summed E-state index contributed by atoms with van der Waals surface area (Å²) in [4.78, 5) is 0. The molecule has 0 saturated carbocycles. The van der Waals surface area contributed by atoms with Gasteiger partial charge in [0.1, 0.15) is 0 Å². The summed E-state index contributed by atoms with van der Waals surface area (Å²) in [5, 5.41) is 0. The molecule has 0 bridgehead atoms. The van der Waals surface area contributed by atoms with Crippen molar-refractivity contribution in [3.8, 4) is 0 Å². The second kappa shape index (κ2) is 8.89. The second-order valence-electron chi connectivity index (χ2n) is 7.69. The lowest BCUT2D eigenvalue weighted by Crippen LogP contribution is -2.28. The minimum Gasteiger partial charge on any atom is -0.321 e. The Morgan fingerprint density at radius 3 is 1.29 bits per heavy atom. The highest BCUT2D eigenvalue weighted by Crippen LogP contribution is 2.65. The van der Waals surface area contributed by atoms with Gasteiger partial charge >= 0.3 is 0 Å². The van der Waals surface area contributed by atoms with Crippen LogP contribution in [0.15, 0.2) is 0 Å². The van der Waals surface area contributed by atoms with Crippen LogP contribution < -0.4 is 0 Å². The molecule has 0 amide bonds. The highest BCUT2D eigenvalue weighted by molar-refractivity contribution is 8.68. The molecule has 0 spiro atoms. The molecule has 2 aliphatic heterocycles. The highest BCUT2D eigenvalue weighted by Gasteiger charge is 2.34. The van der Waals surface area contributed by atoms with E-state index in [2.05, 4.69) is 27.7 Å². The molecule has 2 saturated heterocycles. The Balaban J connectivity index is 1.57. The molecule has 0 radical (unpaired) electrons. The molecule has 0 N–H and O–H groups in total. The molecule has 0 aromatic heterocycles. The molecule has 2 aliphatic rings. The Bertz CT molecular complexity index is 453. The number of hydrogen-bond donors (Lipinski definition) is 0. The molecular weight excluding hydrogens is 422 g/mol. The zero-order valence-corrected chi connectivity index (χ0v) is 19.9. The quantitative estimate of drug-likeness (QED) is 0.354. The van der Waals surface area contributed by atoms with E-state index < -0.39 is 11.4 Å². The fourth-order valence-electron chi connectivity index (χ4n) is 1.88. The van der Waals surface area contributed by atoms with E-state index in [0.29, 0.717) is 26.4 Å². The third-order valence-corrected chi connectivity index (χ3v) is 14.3. The van der Waals surface area contributed by atoms with Crippen LogP contribution in [0.5, 0.6) is 0 Å². The predicted octanol–water partition coefficient (Wildman–Crippen LogP) is 5.83. The molecule has 10 heteroatoms. The minimum absolute atomic E-state index is 0.0789. The van der Waals surface area contributed by atoms with E-state index in [0.717, 1.165) is 24.3 Å². The largest absolute Gasteiger partial charge is 0.321 e. The van der Waals surface area contributed by atoms with Crippen molar-refractivity contribution >= 4 is 57.8 Å². The summed E-state index contributed by atoms with van der Waals surface area (Å²) >= 11 is 14.5. The molecule has 0 aliphatic carbocycles.